The zero-order valence-corrected chi connectivity index (χ0v) is 10.5. The van der Waals surface area contributed by atoms with Crippen molar-refractivity contribution in [3.05, 3.63) is 29.8 Å². The molecule has 0 saturated heterocycles. The van der Waals surface area contributed by atoms with Crippen molar-refractivity contribution < 1.29 is 13.7 Å². The molecule has 3 rings (SSSR count). The molecule has 0 bridgehead atoms. The Morgan fingerprint density at radius 2 is 2.26 bits per heavy atom. The summed E-state index contributed by atoms with van der Waals surface area (Å²) in [5, 5.41) is 3.86. The van der Waals surface area contributed by atoms with Crippen LogP contribution in [0.5, 0.6) is 5.75 Å². The summed E-state index contributed by atoms with van der Waals surface area (Å²) in [6.45, 7) is 0. The molecule has 1 fully saturated rings. The molecule has 1 aromatic heterocycles. The summed E-state index contributed by atoms with van der Waals surface area (Å²) in [6, 6.07) is 4.30. The molecule has 1 aliphatic carbocycles. The van der Waals surface area contributed by atoms with Crippen molar-refractivity contribution in [2.24, 2.45) is 11.7 Å². The van der Waals surface area contributed by atoms with Crippen molar-refractivity contribution in [3.8, 4) is 17.2 Å². The van der Waals surface area contributed by atoms with Crippen LogP contribution in [0.1, 0.15) is 24.7 Å². The van der Waals surface area contributed by atoms with Gasteiger partial charge in [0, 0.05) is 5.56 Å². The molecule has 1 saturated carbocycles. The zero-order valence-electron chi connectivity index (χ0n) is 10.5. The van der Waals surface area contributed by atoms with E-state index in [2.05, 4.69) is 10.1 Å². The number of hydrogen-bond donors (Lipinski definition) is 1. The molecule has 1 aliphatic rings. The third-order valence-electron chi connectivity index (χ3n) is 3.27. The molecule has 19 heavy (non-hydrogen) atoms. The van der Waals surface area contributed by atoms with Gasteiger partial charge in [-0.25, -0.2) is 4.39 Å². The van der Waals surface area contributed by atoms with Crippen LogP contribution in [0.15, 0.2) is 22.7 Å². The van der Waals surface area contributed by atoms with Crippen LogP contribution >= 0.6 is 0 Å². The monoisotopic (exact) mass is 263 g/mol. The largest absolute Gasteiger partial charge is 0.494 e. The van der Waals surface area contributed by atoms with E-state index in [1.807, 2.05) is 0 Å². The van der Waals surface area contributed by atoms with Crippen molar-refractivity contribution in [2.75, 3.05) is 7.11 Å². The van der Waals surface area contributed by atoms with E-state index >= 15 is 0 Å². The number of ether oxygens (including phenoxy) is 1. The third-order valence-corrected chi connectivity index (χ3v) is 3.27. The van der Waals surface area contributed by atoms with E-state index in [9.17, 15) is 4.39 Å². The summed E-state index contributed by atoms with van der Waals surface area (Å²) in [5.41, 5.74) is 6.50. The average molecular weight is 263 g/mol. The van der Waals surface area contributed by atoms with E-state index in [0.29, 0.717) is 17.3 Å². The van der Waals surface area contributed by atoms with E-state index in [1.54, 1.807) is 6.07 Å². The standard InChI is InChI=1S/C13H14FN3O2/c1-18-10-5-4-8(6-9(10)14)13-16-12(17-19-13)11(15)7-2-3-7/h4-7,11H,2-3,15H2,1H3. The highest BCUT2D eigenvalue weighted by atomic mass is 19.1. The molecule has 0 spiro atoms. The molecular weight excluding hydrogens is 249 g/mol. The Balaban J connectivity index is 1.87. The highest BCUT2D eigenvalue weighted by Crippen LogP contribution is 2.38. The van der Waals surface area contributed by atoms with E-state index in [1.165, 1.54) is 19.2 Å². The van der Waals surface area contributed by atoms with Crippen LogP contribution in [-0.4, -0.2) is 17.3 Å². The molecule has 0 amide bonds. The van der Waals surface area contributed by atoms with Gasteiger partial charge in [-0.3, -0.25) is 0 Å². The highest BCUT2D eigenvalue weighted by molar-refractivity contribution is 5.54. The molecule has 100 valence electrons. The summed E-state index contributed by atoms with van der Waals surface area (Å²) in [5.74, 6) is 0.906. The summed E-state index contributed by atoms with van der Waals surface area (Å²) in [6.07, 6.45) is 2.20. The highest BCUT2D eigenvalue weighted by Gasteiger charge is 2.32. The molecule has 0 aliphatic heterocycles. The second kappa shape index (κ2) is 4.62. The minimum Gasteiger partial charge on any atom is -0.494 e. The van der Waals surface area contributed by atoms with Gasteiger partial charge in [0.2, 0.25) is 0 Å². The van der Waals surface area contributed by atoms with Gasteiger partial charge in [-0.15, -0.1) is 0 Å². The van der Waals surface area contributed by atoms with Crippen molar-refractivity contribution in [2.45, 2.75) is 18.9 Å². The maximum absolute atomic E-state index is 13.6. The first-order valence-corrected chi connectivity index (χ1v) is 6.12. The quantitative estimate of drug-likeness (QED) is 0.916. The van der Waals surface area contributed by atoms with Crippen LogP contribution in [0.3, 0.4) is 0 Å². The number of rotatable bonds is 4. The van der Waals surface area contributed by atoms with Gasteiger partial charge >= 0.3 is 0 Å². The normalized spacial score (nSPS) is 16.4. The van der Waals surface area contributed by atoms with Crippen LogP contribution in [0.2, 0.25) is 0 Å². The smallest absolute Gasteiger partial charge is 0.258 e. The molecule has 5 nitrogen and oxygen atoms in total. The van der Waals surface area contributed by atoms with Crippen LogP contribution in [0, 0.1) is 11.7 Å². The minimum absolute atomic E-state index is 0.179. The van der Waals surface area contributed by atoms with Crippen molar-refractivity contribution in [1.82, 2.24) is 10.1 Å². The first-order valence-electron chi connectivity index (χ1n) is 6.12. The Labute approximate surface area is 109 Å². The van der Waals surface area contributed by atoms with Gasteiger partial charge in [0.05, 0.1) is 13.2 Å². The van der Waals surface area contributed by atoms with Crippen molar-refractivity contribution in [3.63, 3.8) is 0 Å². The van der Waals surface area contributed by atoms with Crippen LogP contribution in [-0.2, 0) is 0 Å². The molecule has 2 aromatic rings. The fraction of sp³-hybridized carbons (Fsp3) is 0.385. The maximum atomic E-state index is 13.6. The molecule has 1 aromatic carbocycles. The molecule has 1 heterocycles. The van der Waals surface area contributed by atoms with Crippen LogP contribution in [0.4, 0.5) is 4.39 Å². The second-order valence-electron chi connectivity index (χ2n) is 4.67. The lowest BCUT2D eigenvalue weighted by Crippen LogP contribution is -2.13. The summed E-state index contributed by atoms with van der Waals surface area (Å²) in [7, 11) is 1.41. The predicted octanol–water partition coefficient (Wildman–Crippen LogP) is 2.29. The third kappa shape index (κ3) is 2.31. The van der Waals surface area contributed by atoms with Gasteiger partial charge in [0.15, 0.2) is 17.4 Å². The fourth-order valence-corrected chi connectivity index (χ4v) is 1.95. The van der Waals surface area contributed by atoms with E-state index < -0.39 is 5.82 Å². The van der Waals surface area contributed by atoms with Gasteiger partial charge < -0.3 is 15.0 Å². The Hall–Kier alpha value is -1.95. The number of aromatic nitrogens is 2. The number of hydrogen-bond acceptors (Lipinski definition) is 5. The Kier molecular flexibility index (Phi) is 2.94. The van der Waals surface area contributed by atoms with Gasteiger partial charge in [-0.1, -0.05) is 5.16 Å². The van der Waals surface area contributed by atoms with Crippen molar-refractivity contribution in [1.29, 1.82) is 0 Å². The molecule has 1 unspecified atom stereocenters. The average Bonchev–Trinajstić information content (AvgIpc) is 3.15. The van der Waals surface area contributed by atoms with E-state index in [0.717, 1.165) is 12.8 Å². The maximum Gasteiger partial charge on any atom is 0.258 e. The molecule has 0 radical (unpaired) electrons. The number of nitrogens with two attached hydrogens (primary N) is 1. The van der Waals surface area contributed by atoms with Crippen molar-refractivity contribution >= 4 is 0 Å². The Bertz CT molecular complexity index is 595. The molecular formula is C13H14FN3O2. The zero-order chi connectivity index (χ0) is 13.4. The molecule has 6 heteroatoms. The lowest BCUT2D eigenvalue weighted by molar-refractivity contribution is 0.386. The lowest BCUT2D eigenvalue weighted by Gasteiger charge is -2.02. The van der Waals surface area contributed by atoms with E-state index in [4.69, 9.17) is 15.0 Å². The van der Waals surface area contributed by atoms with Gasteiger partial charge in [0.25, 0.3) is 5.89 Å². The second-order valence-corrected chi connectivity index (χ2v) is 4.67. The fourth-order valence-electron chi connectivity index (χ4n) is 1.95. The molecule has 2 N–H and O–H groups in total. The predicted molar refractivity (Wildman–Crippen MR) is 65.9 cm³/mol. The topological polar surface area (TPSA) is 74.2 Å². The number of halogens is 1. The first-order chi connectivity index (χ1) is 9.19. The number of methoxy groups -OCH3 is 1. The van der Waals surface area contributed by atoms with Gasteiger partial charge in [0.1, 0.15) is 0 Å². The molecule has 1 atom stereocenters. The summed E-state index contributed by atoms with van der Waals surface area (Å²) < 4.78 is 23.6. The SMILES string of the molecule is COc1ccc(-c2nc(C(N)C3CC3)no2)cc1F. The summed E-state index contributed by atoms with van der Waals surface area (Å²) >= 11 is 0. The van der Waals surface area contributed by atoms with Crippen LogP contribution in [0.25, 0.3) is 11.5 Å². The number of nitrogens with zero attached hydrogens (tertiary/aromatic N) is 2. The Morgan fingerprint density at radius 1 is 1.47 bits per heavy atom. The lowest BCUT2D eigenvalue weighted by atomic mass is 10.2. The number of benzene rings is 1. The first kappa shape index (κ1) is 12.1. The van der Waals surface area contributed by atoms with Crippen LogP contribution < -0.4 is 10.5 Å². The van der Waals surface area contributed by atoms with E-state index in [-0.39, 0.29) is 17.7 Å². The Morgan fingerprint density at radius 3 is 2.89 bits per heavy atom. The van der Waals surface area contributed by atoms with Gasteiger partial charge in [-0.2, -0.15) is 4.98 Å². The van der Waals surface area contributed by atoms with Gasteiger partial charge in [-0.05, 0) is 37.0 Å². The minimum atomic E-state index is -0.466. The summed E-state index contributed by atoms with van der Waals surface area (Å²) in [4.78, 5) is 4.23.